The summed E-state index contributed by atoms with van der Waals surface area (Å²) in [7, 11) is 0. The van der Waals surface area contributed by atoms with E-state index in [9.17, 15) is 14.7 Å². The van der Waals surface area contributed by atoms with E-state index >= 15 is 0 Å². The van der Waals surface area contributed by atoms with Gasteiger partial charge in [0.25, 0.3) is 0 Å². The number of aromatic carboxylic acids is 1. The molecule has 136 valence electrons. The normalized spacial score (nSPS) is 10.6. The van der Waals surface area contributed by atoms with Crippen molar-refractivity contribution in [3.8, 4) is 23.8 Å². The SMILES string of the molecule is C#CCOc1cc(C(=O)O)cc(O)c1CCCNC(=O)OC(C)(C)C. The number of carbonyl (C=O) groups is 2. The average molecular weight is 349 g/mol. The number of amides is 1. The zero-order chi connectivity index (χ0) is 19.0. The molecule has 0 aliphatic carbocycles. The van der Waals surface area contributed by atoms with Gasteiger partial charge in [-0.1, -0.05) is 5.92 Å². The van der Waals surface area contributed by atoms with Crippen molar-refractivity contribution in [2.24, 2.45) is 0 Å². The number of rotatable bonds is 7. The molecule has 0 aromatic heterocycles. The summed E-state index contributed by atoms with van der Waals surface area (Å²) < 4.78 is 10.5. The molecule has 0 atom stereocenters. The second kappa shape index (κ2) is 8.83. The Hall–Kier alpha value is -2.88. The van der Waals surface area contributed by atoms with E-state index in [0.29, 0.717) is 24.9 Å². The Morgan fingerprint density at radius 3 is 2.56 bits per heavy atom. The van der Waals surface area contributed by atoms with Gasteiger partial charge in [-0.05, 0) is 45.7 Å². The van der Waals surface area contributed by atoms with E-state index in [1.54, 1.807) is 20.8 Å². The Balaban J connectivity index is 2.72. The van der Waals surface area contributed by atoms with E-state index in [1.165, 1.54) is 6.07 Å². The highest BCUT2D eigenvalue weighted by atomic mass is 16.6. The number of terminal acetylenes is 1. The molecule has 1 rings (SSSR count). The average Bonchev–Trinajstić information content (AvgIpc) is 2.48. The molecule has 0 spiro atoms. The zero-order valence-electron chi connectivity index (χ0n) is 14.6. The number of aromatic hydroxyl groups is 1. The second-order valence-corrected chi connectivity index (χ2v) is 6.30. The Morgan fingerprint density at radius 1 is 1.32 bits per heavy atom. The standard InChI is InChI=1S/C18H23NO6/c1-5-9-24-15-11-12(16(21)22)10-14(20)13(15)7-6-8-19-17(23)25-18(2,3)4/h1,10-11,20H,6-9H2,2-4H3,(H,19,23)(H,21,22). The maximum atomic E-state index is 11.6. The topological polar surface area (TPSA) is 105 Å². The molecule has 0 fully saturated rings. The van der Waals surface area contributed by atoms with Crippen molar-refractivity contribution in [2.75, 3.05) is 13.2 Å². The summed E-state index contributed by atoms with van der Waals surface area (Å²) in [4.78, 5) is 22.6. The van der Waals surface area contributed by atoms with Crippen LogP contribution in [0.2, 0.25) is 0 Å². The molecule has 0 radical (unpaired) electrons. The summed E-state index contributed by atoms with van der Waals surface area (Å²) in [5, 5.41) is 21.7. The Bertz CT molecular complexity index is 669. The second-order valence-electron chi connectivity index (χ2n) is 6.30. The highest BCUT2D eigenvalue weighted by Gasteiger charge is 2.17. The number of benzene rings is 1. The van der Waals surface area contributed by atoms with Crippen molar-refractivity contribution in [2.45, 2.75) is 39.2 Å². The summed E-state index contributed by atoms with van der Waals surface area (Å²) in [6.45, 7) is 5.58. The fourth-order valence-corrected chi connectivity index (χ4v) is 2.02. The molecule has 0 bridgehead atoms. The lowest BCUT2D eigenvalue weighted by Gasteiger charge is -2.19. The molecular formula is C18H23NO6. The minimum atomic E-state index is -1.18. The van der Waals surface area contributed by atoms with Crippen molar-refractivity contribution in [3.05, 3.63) is 23.3 Å². The largest absolute Gasteiger partial charge is 0.508 e. The third-order valence-electron chi connectivity index (χ3n) is 3.02. The molecule has 0 aliphatic heterocycles. The van der Waals surface area contributed by atoms with E-state index in [0.717, 1.165) is 6.07 Å². The minimum Gasteiger partial charge on any atom is -0.508 e. The van der Waals surface area contributed by atoms with Crippen LogP contribution in [-0.4, -0.2) is 41.0 Å². The van der Waals surface area contributed by atoms with Crippen LogP contribution >= 0.6 is 0 Å². The molecule has 7 heteroatoms. The molecule has 25 heavy (non-hydrogen) atoms. The molecule has 1 aromatic carbocycles. The first kappa shape index (κ1) is 20.2. The van der Waals surface area contributed by atoms with Crippen molar-refractivity contribution in [1.82, 2.24) is 5.32 Å². The summed E-state index contributed by atoms with van der Waals surface area (Å²) in [6, 6.07) is 2.47. The summed E-state index contributed by atoms with van der Waals surface area (Å²) >= 11 is 0. The molecule has 0 heterocycles. The quantitative estimate of drug-likeness (QED) is 0.516. The lowest BCUT2D eigenvalue weighted by Crippen LogP contribution is -2.33. The van der Waals surface area contributed by atoms with Gasteiger partial charge in [0.2, 0.25) is 0 Å². The zero-order valence-corrected chi connectivity index (χ0v) is 14.6. The smallest absolute Gasteiger partial charge is 0.407 e. The Morgan fingerprint density at radius 2 is 2.00 bits per heavy atom. The third kappa shape index (κ3) is 7.04. The number of carboxylic acids is 1. The third-order valence-corrected chi connectivity index (χ3v) is 3.02. The molecule has 0 aliphatic rings. The molecule has 0 unspecified atom stereocenters. The van der Waals surface area contributed by atoms with Gasteiger partial charge in [0, 0.05) is 12.1 Å². The fourth-order valence-electron chi connectivity index (χ4n) is 2.02. The summed E-state index contributed by atoms with van der Waals surface area (Å²) in [5.74, 6) is 1.13. The lowest BCUT2D eigenvalue weighted by molar-refractivity contribution is 0.0526. The van der Waals surface area contributed by atoms with Crippen LogP contribution in [0.25, 0.3) is 0 Å². The van der Waals surface area contributed by atoms with E-state index < -0.39 is 17.7 Å². The Kier molecular flexibility index (Phi) is 7.12. The van der Waals surface area contributed by atoms with Crippen LogP contribution in [0.5, 0.6) is 11.5 Å². The maximum absolute atomic E-state index is 11.6. The number of carboxylic acid groups (broad SMARTS) is 1. The van der Waals surface area contributed by atoms with E-state index in [2.05, 4.69) is 11.2 Å². The van der Waals surface area contributed by atoms with Crippen LogP contribution in [-0.2, 0) is 11.2 Å². The number of nitrogens with one attached hydrogen (secondary N) is 1. The summed E-state index contributed by atoms with van der Waals surface area (Å²) in [6.07, 6.45) is 5.48. The molecule has 0 saturated carbocycles. The van der Waals surface area contributed by atoms with E-state index in [4.69, 9.17) is 21.0 Å². The number of phenols is 1. The number of carbonyl (C=O) groups excluding carboxylic acids is 1. The number of hydrogen-bond acceptors (Lipinski definition) is 5. The van der Waals surface area contributed by atoms with Crippen molar-refractivity contribution in [3.63, 3.8) is 0 Å². The number of hydrogen-bond donors (Lipinski definition) is 3. The molecule has 0 saturated heterocycles. The number of alkyl carbamates (subject to hydrolysis) is 1. The van der Waals surface area contributed by atoms with Gasteiger partial charge in [-0.3, -0.25) is 0 Å². The van der Waals surface area contributed by atoms with Crippen molar-refractivity contribution in [1.29, 1.82) is 0 Å². The van der Waals surface area contributed by atoms with Crippen LogP contribution in [0.15, 0.2) is 12.1 Å². The predicted octanol–water partition coefficient (Wildman–Crippen LogP) is 2.56. The maximum Gasteiger partial charge on any atom is 0.407 e. The number of phenolic OH excluding ortho intramolecular Hbond substituents is 1. The van der Waals surface area contributed by atoms with Crippen molar-refractivity contribution >= 4 is 12.1 Å². The van der Waals surface area contributed by atoms with Gasteiger partial charge in [-0.2, -0.15) is 0 Å². The van der Waals surface area contributed by atoms with Gasteiger partial charge in [0.05, 0.1) is 5.56 Å². The first-order valence-electron chi connectivity index (χ1n) is 7.76. The van der Waals surface area contributed by atoms with Gasteiger partial charge in [-0.15, -0.1) is 6.42 Å². The van der Waals surface area contributed by atoms with Crippen molar-refractivity contribution < 1.29 is 29.3 Å². The summed E-state index contributed by atoms with van der Waals surface area (Å²) in [5.41, 5.74) is -0.239. The molecular weight excluding hydrogens is 326 g/mol. The minimum absolute atomic E-state index is 0.0499. The van der Waals surface area contributed by atoms with Gasteiger partial charge in [-0.25, -0.2) is 9.59 Å². The lowest BCUT2D eigenvalue weighted by atomic mass is 10.0. The highest BCUT2D eigenvalue weighted by molar-refractivity contribution is 5.89. The monoisotopic (exact) mass is 349 g/mol. The molecule has 1 aromatic rings. The highest BCUT2D eigenvalue weighted by Crippen LogP contribution is 2.31. The van der Waals surface area contributed by atoms with Crippen LogP contribution in [0.3, 0.4) is 0 Å². The van der Waals surface area contributed by atoms with Gasteiger partial charge >= 0.3 is 12.1 Å². The van der Waals surface area contributed by atoms with Gasteiger partial charge in [0.1, 0.15) is 23.7 Å². The van der Waals surface area contributed by atoms with Crippen LogP contribution in [0, 0.1) is 12.3 Å². The van der Waals surface area contributed by atoms with E-state index in [-0.39, 0.29) is 23.7 Å². The predicted molar refractivity (Wildman–Crippen MR) is 92.0 cm³/mol. The van der Waals surface area contributed by atoms with Crippen LogP contribution in [0.1, 0.15) is 43.1 Å². The van der Waals surface area contributed by atoms with Crippen LogP contribution in [0.4, 0.5) is 4.79 Å². The number of ether oxygens (including phenoxy) is 2. The van der Waals surface area contributed by atoms with E-state index in [1.807, 2.05) is 0 Å². The van der Waals surface area contributed by atoms with Gasteiger partial charge in [0.15, 0.2) is 0 Å². The molecule has 1 amide bonds. The first-order chi connectivity index (χ1) is 11.6. The Labute approximate surface area is 146 Å². The molecule has 3 N–H and O–H groups in total. The van der Waals surface area contributed by atoms with Gasteiger partial charge < -0.3 is 25.0 Å². The molecule has 7 nitrogen and oxygen atoms in total. The first-order valence-corrected chi connectivity index (χ1v) is 7.76. The van der Waals surface area contributed by atoms with Crippen LogP contribution < -0.4 is 10.1 Å². The fraction of sp³-hybridized carbons (Fsp3) is 0.444.